The Morgan fingerprint density at radius 3 is 2.56 bits per heavy atom. The molecule has 1 aliphatic heterocycles. The topological polar surface area (TPSA) is 111 Å². The zero-order valence-electron chi connectivity index (χ0n) is 22.1. The highest BCUT2D eigenvalue weighted by atomic mass is 32.1. The van der Waals surface area contributed by atoms with Crippen molar-refractivity contribution in [3.05, 3.63) is 113 Å². The lowest BCUT2D eigenvalue weighted by atomic mass is 9.95. The molecule has 0 saturated heterocycles. The molecule has 0 aliphatic carbocycles. The van der Waals surface area contributed by atoms with E-state index in [0.29, 0.717) is 40.1 Å². The van der Waals surface area contributed by atoms with Gasteiger partial charge in [0.05, 0.1) is 42.3 Å². The minimum absolute atomic E-state index is 0.00461. The van der Waals surface area contributed by atoms with Gasteiger partial charge >= 0.3 is 0 Å². The average molecular weight is 569 g/mol. The van der Waals surface area contributed by atoms with Crippen molar-refractivity contribution in [3.63, 3.8) is 0 Å². The molecule has 5 aromatic rings. The number of Topliss-reactive ketones (excluding diaryl/α,β-unsaturated/α-hetero) is 1. The highest BCUT2D eigenvalue weighted by molar-refractivity contribution is 7.22. The van der Waals surface area contributed by atoms with Crippen LogP contribution in [-0.2, 0) is 11.4 Å². The van der Waals surface area contributed by atoms with Gasteiger partial charge in [-0.05, 0) is 53.6 Å². The zero-order chi connectivity index (χ0) is 28.5. The number of fused-ring (bicyclic) bond motifs is 1. The van der Waals surface area contributed by atoms with Crippen LogP contribution in [0.15, 0.2) is 101 Å². The Morgan fingerprint density at radius 1 is 1.00 bits per heavy atom. The molecule has 0 radical (unpaired) electrons. The van der Waals surface area contributed by atoms with Crippen LogP contribution in [0, 0.1) is 0 Å². The third kappa shape index (κ3) is 4.78. The molecule has 2 aromatic heterocycles. The number of furan rings is 1. The largest absolute Gasteiger partial charge is 0.503 e. The molecule has 206 valence electrons. The molecule has 1 amide bonds. The number of amides is 1. The van der Waals surface area contributed by atoms with Gasteiger partial charge in [0.25, 0.3) is 5.91 Å². The number of benzene rings is 3. The molecule has 1 unspecified atom stereocenters. The van der Waals surface area contributed by atoms with E-state index in [1.54, 1.807) is 43.5 Å². The minimum Gasteiger partial charge on any atom is -0.503 e. The maximum absolute atomic E-state index is 13.6. The van der Waals surface area contributed by atoms with Gasteiger partial charge in [-0.2, -0.15) is 0 Å². The maximum Gasteiger partial charge on any atom is 0.296 e. The van der Waals surface area contributed by atoms with E-state index < -0.39 is 23.5 Å². The molecule has 9 nitrogen and oxygen atoms in total. The van der Waals surface area contributed by atoms with Crippen LogP contribution in [0.5, 0.6) is 17.2 Å². The van der Waals surface area contributed by atoms with Crippen molar-refractivity contribution in [1.82, 2.24) is 4.98 Å². The number of aromatic nitrogens is 1. The number of nitrogens with zero attached hydrogens (tertiary/aromatic N) is 2. The van der Waals surface area contributed by atoms with Crippen molar-refractivity contribution in [2.75, 3.05) is 19.1 Å². The lowest BCUT2D eigenvalue weighted by Gasteiger charge is -2.25. The van der Waals surface area contributed by atoms with Gasteiger partial charge < -0.3 is 23.7 Å². The summed E-state index contributed by atoms with van der Waals surface area (Å²) in [6.07, 6.45) is 1.36. The Labute approximate surface area is 238 Å². The fourth-order valence-electron chi connectivity index (χ4n) is 4.72. The molecule has 41 heavy (non-hydrogen) atoms. The van der Waals surface area contributed by atoms with E-state index in [0.717, 1.165) is 10.3 Å². The zero-order valence-corrected chi connectivity index (χ0v) is 22.9. The number of carbonyl (C=O) groups excluding carboxylic acids is 2. The predicted octanol–water partition coefficient (Wildman–Crippen LogP) is 6.27. The highest BCUT2D eigenvalue weighted by Gasteiger charge is 2.46. The number of methoxy groups -OCH3 is 2. The van der Waals surface area contributed by atoms with Gasteiger partial charge in [0.2, 0.25) is 5.78 Å². The summed E-state index contributed by atoms with van der Waals surface area (Å²) in [5, 5.41) is 11.4. The Balaban J connectivity index is 1.43. The molecular formula is C31H24N2O7S. The summed E-state index contributed by atoms with van der Waals surface area (Å²) in [7, 11) is 3.08. The summed E-state index contributed by atoms with van der Waals surface area (Å²) in [6, 6.07) is 22.3. The van der Waals surface area contributed by atoms with Crippen molar-refractivity contribution < 1.29 is 33.3 Å². The Hall–Kier alpha value is -5.09. The number of aliphatic hydroxyl groups excluding tert-OH is 1. The fourth-order valence-corrected chi connectivity index (χ4v) is 5.74. The number of rotatable bonds is 9. The van der Waals surface area contributed by atoms with Crippen LogP contribution < -0.4 is 19.1 Å². The Bertz CT molecular complexity index is 1780. The van der Waals surface area contributed by atoms with Gasteiger partial charge in [-0.3, -0.25) is 14.5 Å². The van der Waals surface area contributed by atoms with Gasteiger partial charge in [0.1, 0.15) is 12.4 Å². The number of ketones is 1. The van der Waals surface area contributed by atoms with Crippen molar-refractivity contribution in [3.8, 4) is 17.2 Å². The number of hydrogen-bond donors (Lipinski definition) is 1. The summed E-state index contributed by atoms with van der Waals surface area (Å²) in [6.45, 7) is 0.322. The average Bonchev–Trinajstić information content (AvgIpc) is 3.74. The molecule has 0 fully saturated rings. The predicted molar refractivity (Wildman–Crippen MR) is 153 cm³/mol. The van der Waals surface area contributed by atoms with E-state index in [2.05, 4.69) is 4.98 Å². The summed E-state index contributed by atoms with van der Waals surface area (Å²) in [4.78, 5) is 33.1. The molecule has 3 aromatic carbocycles. The summed E-state index contributed by atoms with van der Waals surface area (Å²) >= 11 is 1.24. The van der Waals surface area contributed by atoms with Gasteiger partial charge in [-0.15, -0.1) is 0 Å². The van der Waals surface area contributed by atoms with Crippen molar-refractivity contribution >= 4 is 38.4 Å². The highest BCUT2D eigenvalue weighted by Crippen LogP contribution is 2.46. The van der Waals surface area contributed by atoms with Crippen LogP contribution >= 0.6 is 11.3 Å². The number of aliphatic hydroxyl groups is 1. The second-order valence-corrected chi connectivity index (χ2v) is 10.2. The lowest BCUT2D eigenvalue weighted by Crippen LogP contribution is -2.31. The molecule has 10 heteroatoms. The van der Waals surface area contributed by atoms with E-state index in [1.165, 1.54) is 35.7 Å². The van der Waals surface area contributed by atoms with E-state index in [4.69, 9.17) is 18.6 Å². The van der Waals surface area contributed by atoms with Crippen molar-refractivity contribution in [1.29, 1.82) is 0 Å². The number of ether oxygens (including phenoxy) is 3. The summed E-state index contributed by atoms with van der Waals surface area (Å²) in [5.74, 6) is -0.515. The molecule has 0 bridgehead atoms. The first-order chi connectivity index (χ1) is 20.0. The number of hydrogen-bond acceptors (Lipinski definition) is 9. The SMILES string of the molecule is COc1ccc2nc(N3C(=O)C(O)=C(C(=O)c4ccco4)C3c3ccc(OCc4ccccc4)c(OC)c3)sc2c1. The fraction of sp³-hybridized carbons (Fsp3) is 0.129. The minimum atomic E-state index is -1.01. The van der Waals surface area contributed by atoms with Gasteiger partial charge in [0, 0.05) is 0 Å². The lowest BCUT2D eigenvalue weighted by molar-refractivity contribution is -0.117. The van der Waals surface area contributed by atoms with E-state index in [1.807, 2.05) is 36.4 Å². The molecule has 6 rings (SSSR count). The van der Waals surface area contributed by atoms with E-state index in [9.17, 15) is 14.7 Å². The van der Waals surface area contributed by atoms with E-state index >= 15 is 0 Å². The van der Waals surface area contributed by atoms with Crippen LogP contribution in [-0.4, -0.2) is 36.0 Å². The second-order valence-electron chi connectivity index (χ2n) is 9.16. The summed E-state index contributed by atoms with van der Waals surface area (Å²) < 4.78 is 23.1. The van der Waals surface area contributed by atoms with Crippen LogP contribution in [0.1, 0.15) is 27.7 Å². The first kappa shape index (κ1) is 26.1. The van der Waals surface area contributed by atoms with Gasteiger partial charge in [-0.25, -0.2) is 4.98 Å². The molecule has 1 N–H and O–H groups in total. The molecule has 1 atom stereocenters. The molecular weight excluding hydrogens is 544 g/mol. The standard InChI is InChI=1S/C31H24N2O7S/c1-37-20-11-12-21-25(16-20)41-31(32-21)33-27(26(29(35)30(33)36)28(34)23-9-6-14-39-23)19-10-13-22(24(15-19)38-2)40-17-18-7-4-3-5-8-18/h3-16,27,35H,17H2,1-2H3. The van der Waals surface area contributed by atoms with Crippen LogP contribution in [0.25, 0.3) is 10.2 Å². The monoisotopic (exact) mass is 568 g/mol. The Kier molecular flexibility index (Phi) is 6.90. The normalized spacial score (nSPS) is 15.0. The number of anilines is 1. The quantitative estimate of drug-likeness (QED) is 0.207. The Morgan fingerprint density at radius 2 is 1.83 bits per heavy atom. The summed E-state index contributed by atoms with van der Waals surface area (Å²) in [5.41, 5.74) is 2.02. The number of carbonyl (C=O) groups is 2. The molecule has 0 saturated carbocycles. The molecule has 3 heterocycles. The van der Waals surface area contributed by atoms with Crippen molar-refractivity contribution in [2.45, 2.75) is 12.6 Å². The maximum atomic E-state index is 13.6. The first-order valence-corrected chi connectivity index (χ1v) is 13.4. The molecule has 1 aliphatic rings. The first-order valence-electron chi connectivity index (χ1n) is 12.6. The van der Waals surface area contributed by atoms with Crippen molar-refractivity contribution in [2.24, 2.45) is 0 Å². The van der Waals surface area contributed by atoms with Gasteiger partial charge in [-0.1, -0.05) is 47.7 Å². The van der Waals surface area contributed by atoms with Gasteiger partial charge in [0.15, 0.2) is 28.1 Å². The molecule has 0 spiro atoms. The second kappa shape index (κ2) is 10.8. The third-order valence-electron chi connectivity index (χ3n) is 6.73. The van der Waals surface area contributed by atoms with Crippen LogP contribution in [0.2, 0.25) is 0 Å². The van der Waals surface area contributed by atoms with Crippen LogP contribution in [0.4, 0.5) is 5.13 Å². The van der Waals surface area contributed by atoms with E-state index in [-0.39, 0.29) is 11.3 Å². The third-order valence-corrected chi connectivity index (χ3v) is 7.75. The van der Waals surface area contributed by atoms with Crippen LogP contribution in [0.3, 0.4) is 0 Å². The smallest absolute Gasteiger partial charge is 0.296 e. The number of thiazole rings is 1.